The number of sulfone groups is 1. The Morgan fingerprint density at radius 3 is 2.58 bits per heavy atom. The Hall–Kier alpha value is -0.990. The number of aliphatic hydroxyl groups is 1. The quantitative estimate of drug-likeness (QED) is 0.799. The van der Waals surface area contributed by atoms with E-state index in [-0.39, 0.29) is 5.56 Å². The molecule has 1 amide bonds. The van der Waals surface area contributed by atoms with Crippen molar-refractivity contribution < 1.29 is 22.7 Å². The van der Waals surface area contributed by atoms with Gasteiger partial charge in [0.05, 0.1) is 5.75 Å². The van der Waals surface area contributed by atoms with Crippen molar-refractivity contribution in [3.8, 4) is 0 Å². The van der Waals surface area contributed by atoms with E-state index in [1.165, 1.54) is 12.1 Å². The van der Waals surface area contributed by atoms with Crippen LogP contribution in [0.1, 0.15) is 19.4 Å². The van der Waals surface area contributed by atoms with E-state index in [1.807, 2.05) is 5.32 Å². The molecule has 0 heterocycles. The lowest BCUT2D eigenvalue weighted by Gasteiger charge is -2.24. The van der Waals surface area contributed by atoms with Crippen molar-refractivity contribution in [2.75, 3.05) is 0 Å². The molecule has 5 nitrogen and oxygen atoms in total. The maximum Gasteiger partial charge on any atom is 0.240 e. The molecule has 0 saturated heterocycles. The monoisotopic (exact) mass is 353 g/mol. The van der Waals surface area contributed by atoms with Crippen molar-refractivity contribution in [3.05, 3.63) is 34.1 Å². The second-order valence-corrected chi connectivity index (χ2v) is 7.39. The number of amides is 1. The molecule has 8 heteroatoms. The maximum atomic E-state index is 13.6. The summed E-state index contributed by atoms with van der Waals surface area (Å²) in [5.74, 6) is -2.14. The number of halogens is 2. The SMILES string of the molecule is CC(=O)NC(C)(O)S(=O)(=O)Cc1ccc(Br)cc1F. The summed E-state index contributed by atoms with van der Waals surface area (Å²) in [4.78, 5) is 10.9. The van der Waals surface area contributed by atoms with Crippen LogP contribution in [0, 0.1) is 5.82 Å². The van der Waals surface area contributed by atoms with Crippen LogP contribution in [-0.2, 0) is 20.4 Å². The van der Waals surface area contributed by atoms with Gasteiger partial charge in [-0.25, -0.2) is 12.8 Å². The molecule has 1 aromatic carbocycles. The van der Waals surface area contributed by atoms with E-state index in [1.54, 1.807) is 0 Å². The number of hydrogen-bond acceptors (Lipinski definition) is 4. The third-order valence-corrected chi connectivity index (χ3v) is 4.87. The number of nitrogens with one attached hydrogen (secondary N) is 1. The normalized spacial score (nSPS) is 14.8. The first-order valence-electron chi connectivity index (χ1n) is 5.22. The van der Waals surface area contributed by atoms with Crippen LogP contribution in [-0.4, -0.2) is 24.5 Å². The number of rotatable bonds is 4. The summed E-state index contributed by atoms with van der Waals surface area (Å²) < 4.78 is 37.9. The van der Waals surface area contributed by atoms with Crippen molar-refractivity contribution in [2.45, 2.75) is 24.7 Å². The highest BCUT2D eigenvalue weighted by Crippen LogP contribution is 2.21. The maximum absolute atomic E-state index is 13.6. The van der Waals surface area contributed by atoms with Crippen molar-refractivity contribution in [1.82, 2.24) is 5.32 Å². The Balaban J connectivity index is 3.06. The van der Waals surface area contributed by atoms with Gasteiger partial charge in [-0.3, -0.25) is 4.79 Å². The number of hydrogen-bond donors (Lipinski definition) is 2. The van der Waals surface area contributed by atoms with Gasteiger partial charge in [0.1, 0.15) is 5.82 Å². The van der Waals surface area contributed by atoms with Crippen LogP contribution in [0.4, 0.5) is 4.39 Å². The lowest BCUT2D eigenvalue weighted by Crippen LogP contribution is -2.51. The summed E-state index contributed by atoms with van der Waals surface area (Å²) >= 11 is 3.05. The molecule has 0 aromatic heterocycles. The molecule has 0 spiro atoms. The Kier molecular flexibility index (Phi) is 4.70. The fourth-order valence-electron chi connectivity index (χ4n) is 1.39. The molecule has 0 aliphatic heterocycles. The average molecular weight is 354 g/mol. The number of carbonyl (C=O) groups excluding carboxylic acids is 1. The molecule has 0 fully saturated rings. The van der Waals surface area contributed by atoms with Crippen LogP contribution in [0.5, 0.6) is 0 Å². The molecule has 1 unspecified atom stereocenters. The van der Waals surface area contributed by atoms with Gasteiger partial charge in [-0.1, -0.05) is 22.0 Å². The van der Waals surface area contributed by atoms with Crippen LogP contribution in [0.3, 0.4) is 0 Å². The Morgan fingerprint density at radius 1 is 1.53 bits per heavy atom. The van der Waals surface area contributed by atoms with E-state index in [9.17, 15) is 22.7 Å². The number of benzene rings is 1. The largest absolute Gasteiger partial charge is 0.359 e. The topological polar surface area (TPSA) is 83.5 Å². The zero-order valence-electron chi connectivity index (χ0n) is 10.3. The second-order valence-electron chi connectivity index (χ2n) is 4.16. The van der Waals surface area contributed by atoms with E-state index in [0.29, 0.717) is 4.47 Å². The van der Waals surface area contributed by atoms with Crippen molar-refractivity contribution in [3.63, 3.8) is 0 Å². The minimum absolute atomic E-state index is 0.0890. The Labute approximate surface area is 118 Å². The van der Waals surface area contributed by atoms with Gasteiger partial charge >= 0.3 is 0 Å². The highest BCUT2D eigenvalue weighted by atomic mass is 79.9. The van der Waals surface area contributed by atoms with E-state index in [2.05, 4.69) is 15.9 Å². The van der Waals surface area contributed by atoms with Gasteiger partial charge in [0.25, 0.3) is 0 Å². The summed E-state index contributed by atoms with van der Waals surface area (Å²) in [5.41, 5.74) is -0.0890. The highest BCUT2D eigenvalue weighted by molar-refractivity contribution is 9.10. The van der Waals surface area contributed by atoms with Gasteiger partial charge in [0.15, 0.2) is 0 Å². The van der Waals surface area contributed by atoms with Gasteiger partial charge < -0.3 is 10.4 Å². The van der Waals surface area contributed by atoms with E-state index in [0.717, 1.165) is 19.9 Å². The molecule has 0 radical (unpaired) electrons. The van der Waals surface area contributed by atoms with Crippen LogP contribution in [0.15, 0.2) is 22.7 Å². The molecule has 0 aliphatic rings. The zero-order chi connectivity index (χ0) is 14.8. The Morgan fingerprint density at radius 2 is 2.11 bits per heavy atom. The third kappa shape index (κ3) is 3.99. The van der Waals surface area contributed by atoms with Crippen molar-refractivity contribution >= 4 is 31.7 Å². The lowest BCUT2D eigenvalue weighted by atomic mass is 10.2. The van der Waals surface area contributed by atoms with Gasteiger partial charge in [0.2, 0.25) is 20.8 Å². The van der Waals surface area contributed by atoms with Crippen LogP contribution < -0.4 is 5.32 Å². The van der Waals surface area contributed by atoms with E-state index >= 15 is 0 Å². The van der Waals surface area contributed by atoms with Crippen LogP contribution in [0.25, 0.3) is 0 Å². The molecular weight excluding hydrogens is 341 g/mol. The zero-order valence-corrected chi connectivity index (χ0v) is 12.7. The molecule has 1 aromatic rings. The lowest BCUT2D eigenvalue weighted by molar-refractivity contribution is -0.122. The Bertz CT molecular complexity index is 601. The second kappa shape index (κ2) is 5.56. The standard InChI is InChI=1S/C11H13BrFNO4S/c1-7(15)14-11(2,16)19(17,18)6-8-3-4-9(12)5-10(8)13/h3-5,16H,6H2,1-2H3,(H,14,15). The summed E-state index contributed by atoms with van der Waals surface area (Å²) in [7, 11) is -4.17. The average Bonchev–Trinajstić information content (AvgIpc) is 2.20. The van der Waals surface area contributed by atoms with E-state index < -0.39 is 32.4 Å². The van der Waals surface area contributed by atoms with Gasteiger partial charge in [0, 0.05) is 17.0 Å². The fourth-order valence-corrected chi connectivity index (χ4v) is 2.95. The minimum atomic E-state index is -4.17. The molecule has 1 atom stereocenters. The highest BCUT2D eigenvalue weighted by Gasteiger charge is 2.38. The predicted molar refractivity (Wildman–Crippen MR) is 71.2 cm³/mol. The molecule has 0 saturated carbocycles. The summed E-state index contributed by atoms with van der Waals surface area (Å²) in [5, 5.41) is 9.23. The fraction of sp³-hybridized carbons (Fsp3) is 0.364. The first-order chi connectivity index (χ1) is 8.55. The summed E-state index contributed by atoms with van der Waals surface area (Å²) in [6.07, 6.45) is 0. The van der Waals surface area contributed by atoms with Gasteiger partial charge in [-0.2, -0.15) is 0 Å². The molecular formula is C11H13BrFNO4S. The van der Waals surface area contributed by atoms with Crippen molar-refractivity contribution in [2.24, 2.45) is 0 Å². The molecule has 19 heavy (non-hydrogen) atoms. The molecule has 0 bridgehead atoms. The smallest absolute Gasteiger partial charge is 0.240 e. The summed E-state index contributed by atoms with van der Waals surface area (Å²) in [6.45, 7) is 2.00. The van der Waals surface area contributed by atoms with Gasteiger partial charge in [-0.15, -0.1) is 0 Å². The van der Waals surface area contributed by atoms with Crippen molar-refractivity contribution in [1.29, 1.82) is 0 Å². The molecule has 106 valence electrons. The van der Waals surface area contributed by atoms with Gasteiger partial charge in [-0.05, 0) is 19.1 Å². The number of carbonyl (C=O) groups is 1. The first-order valence-corrected chi connectivity index (χ1v) is 7.67. The summed E-state index contributed by atoms with van der Waals surface area (Å²) in [6, 6.07) is 3.90. The third-order valence-electron chi connectivity index (χ3n) is 2.37. The van der Waals surface area contributed by atoms with E-state index in [4.69, 9.17) is 0 Å². The van der Waals surface area contributed by atoms with Crippen LogP contribution in [0.2, 0.25) is 0 Å². The molecule has 2 N–H and O–H groups in total. The predicted octanol–water partition coefficient (Wildman–Crippen LogP) is 1.31. The first kappa shape index (κ1) is 16.1. The van der Waals surface area contributed by atoms with Crippen LogP contribution >= 0.6 is 15.9 Å². The minimum Gasteiger partial charge on any atom is -0.359 e. The molecule has 1 rings (SSSR count). The molecule has 0 aliphatic carbocycles.